The Hall–Kier alpha value is -3.68. The summed E-state index contributed by atoms with van der Waals surface area (Å²) in [5.74, 6) is 1.03. The third-order valence-electron chi connectivity index (χ3n) is 5.89. The van der Waals surface area contributed by atoms with Gasteiger partial charge in [0.2, 0.25) is 5.91 Å². The van der Waals surface area contributed by atoms with E-state index in [9.17, 15) is 9.18 Å². The summed E-state index contributed by atoms with van der Waals surface area (Å²) in [7, 11) is 0. The summed E-state index contributed by atoms with van der Waals surface area (Å²) in [6.07, 6.45) is 4.18. The first kappa shape index (κ1) is 20.2. The van der Waals surface area contributed by atoms with Crippen LogP contribution >= 0.6 is 0 Å². The second-order valence-electron chi connectivity index (χ2n) is 8.40. The maximum atomic E-state index is 13.3. The molecule has 4 aromatic rings. The molecule has 1 aliphatic carbocycles. The predicted molar refractivity (Wildman–Crippen MR) is 121 cm³/mol. The lowest BCUT2D eigenvalue weighted by atomic mass is 10.1. The van der Waals surface area contributed by atoms with Gasteiger partial charge < -0.3 is 10.6 Å². The molecule has 0 saturated heterocycles. The Morgan fingerprint density at radius 1 is 1.25 bits per heavy atom. The van der Waals surface area contributed by atoms with E-state index in [0.29, 0.717) is 12.5 Å². The van der Waals surface area contributed by atoms with Crippen LogP contribution in [0.15, 0.2) is 48.8 Å². The molecule has 0 bridgehead atoms. The van der Waals surface area contributed by atoms with Crippen LogP contribution in [0.4, 0.5) is 10.1 Å². The second kappa shape index (κ2) is 8.11. The molecule has 1 amide bonds. The van der Waals surface area contributed by atoms with E-state index in [4.69, 9.17) is 0 Å². The van der Waals surface area contributed by atoms with E-state index in [0.717, 1.165) is 39.4 Å². The van der Waals surface area contributed by atoms with Crippen molar-refractivity contribution < 1.29 is 9.18 Å². The fraction of sp³-hybridized carbons (Fsp3) is 0.292. The predicted octanol–water partition coefficient (Wildman–Crippen LogP) is 4.57. The number of carbonyl (C=O) groups excluding carboxylic acids is 1. The molecule has 2 aromatic heterocycles. The van der Waals surface area contributed by atoms with E-state index in [-0.39, 0.29) is 17.8 Å². The molecule has 5 rings (SSSR count). The normalized spacial score (nSPS) is 14.5. The molecule has 2 aromatic carbocycles. The Labute approximate surface area is 185 Å². The highest BCUT2D eigenvalue weighted by atomic mass is 19.1. The summed E-state index contributed by atoms with van der Waals surface area (Å²) >= 11 is 0. The minimum absolute atomic E-state index is 0.0626. The van der Waals surface area contributed by atoms with Gasteiger partial charge in [-0.25, -0.2) is 9.37 Å². The Morgan fingerprint density at radius 2 is 2.03 bits per heavy atom. The SMILES string of the molecule is CC(=O)NCc1cc2ncn(-c3cc(C4CC4)[nH]n3)c2cc1NC(C)c1ccc(F)cc1. The van der Waals surface area contributed by atoms with Gasteiger partial charge in [-0.15, -0.1) is 0 Å². The van der Waals surface area contributed by atoms with Crippen LogP contribution in [0.5, 0.6) is 0 Å². The number of hydrogen-bond acceptors (Lipinski definition) is 4. The number of nitrogens with zero attached hydrogens (tertiary/aromatic N) is 3. The van der Waals surface area contributed by atoms with Gasteiger partial charge in [-0.05, 0) is 55.2 Å². The quantitative estimate of drug-likeness (QED) is 0.399. The van der Waals surface area contributed by atoms with Crippen molar-refractivity contribution in [1.82, 2.24) is 25.1 Å². The van der Waals surface area contributed by atoms with Gasteiger partial charge in [-0.2, -0.15) is 5.10 Å². The van der Waals surface area contributed by atoms with Crippen LogP contribution in [-0.2, 0) is 11.3 Å². The van der Waals surface area contributed by atoms with Crippen LogP contribution < -0.4 is 10.6 Å². The number of halogens is 1. The maximum Gasteiger partial charge on any atom is 0.217 e. The highest BCUT2D eigenvalue weighted by molar-refractivity contribution is 5.83. The molecule has 7 nitrogen and oxygen atoms in total. The van der Waals surface area contributed by atoms with Gasteiger partial charge in [-0.1, -0.05) is 12.1 Å². The Balaban J connectivity index is 1.52. The third kappa shape index (κ3) is 4.08. The van der Waals surface area contributed by atoms with Crippen molar-refractivity contribution in [2.75, 3.05) is 5.32 Å². The van der Waals surface area contributed by atoms with Crippen molar-refractivity contribution in [2.24, 2.45) is 0 Å². The number of hydrogen-bond donors (Lipinski definition) is 3. The zero-order valence-electron chi connectivity index (χ0n) is 18.0. The molecule has 1 saturated carbocycles. The molecule has 32 heavy (non-hydrogen) atoms. The zero-order valence-corrected chi connectivity index (χ0v) is 18.0. The van der Waals surface area contributed by atoms with Crippen LogP contribution in [0.1, 0.15) is 55.5 Å². The summed E-state index contributed by atoms with van der Waals surface area (Å²) in [5.41, 5.74) is 5.66. The van der Waals surface area contributed by atoms with Crippen LogP contribution in [0.25, 0.3) is 16.9 Å². The third-order valence-corrected chi connectivity index (χ3v) is 5.89. The van der Waals surface area contributed by atoms with Gasteiger partial charge in [0.05, 0.1) is 11.0 Å². The fourth-order valence-electron chi connectivity index (χ4n) is 3.90. The summed E-state index contributed by atoms with van der Waals surface area (Å²) in [6.45, 7) is 3.90. The number of carbonyl (C=O) groups is 1. The fourth-order valence-corrected chi connectivity index (χ4v) is 3.90. The number of aromatic nitrogens is 4. The van der Waals surface area contributed by atoms with Crippen molar-refractivity contribution in [3.8, 4) is 5.82 Å². The Kier molecular flexibility index (Phi) is 5.13. The van der Waals surface area contributed by atoms with Crippen LogP contribution in [0.3, 0.4) is 0 Å². The van der Waals surface area contributed by atoms with E-state index in [2.05, 4.69) is 31.9 Å². The van der Waals surface area contributed by atoms with Gasteiger partial charge in [0, 0.05) is 42.9 Å². The number of nitrogens with one attached hydrogen (secondary N) is 3. The first-order valence-electron chi connectivity index (χ1n) is 10.8. The van der Waals surface area contributed by atoms with Crippen molar-refractivity contribution in [3.05, 3.63) is 71.4 Å². The molecule has 8 heteroatoms. The molecule has 2 heterocycles. The Bertz CT molecular complexity index is 1270. The minimum atomic E-state index is -0.262. The van der Waals surface area contributed by atoms with Crippen molar-refractivity contribution in [2.45, 2.75) is 45.2 Å². The largest absolute Gasteiger partial charge is 0.378 e. The molecule has 1 atom stereocenters. The summed E-state index contributed by atoms with van der Waals surface area (Å²) in [4.78, 5) is 16.1. The number of fused-ring (bicyclic) bond motifs is 1. The number of imidazole rings is 1. The standard InChI is InChI=1S/C24H25FN6O/c1-14(16-5-7-19(25)8-6-16)28-20-10-23-22(9-18(20)12-26-15(2)32)27-13-31(23)24-11-21(29-30-24)17-3-4-17/h5-11,13-14,17,28H,3-4,12H2,1-2H3,(H,26,32)(H,29,30). The van der Waals surface area contributed by atoms with Gasteiger partial charge in [0.25, 0.3) is 0 Å². The minimum Gasteiger partial charge on any atom is -0.378 e. The molecular weight excluding hydrogens is 407 g/mol. The molecule has 164 valence electrons. The molecule has 1 fully saturated rings. The van der Waals surface area contributed by atoms with Gasteiger partial charge in [0.15, 0.2) is 5.82 Å². The van der Waals surface area contributed by atoms with E-state index in [1.165, 1.54) is 31.9 Å². The molecule has 0 aliphatic heterocycles. The molecule has 0 spiro atoms. The number of rotatable bonds is 7. The second-order valence-corrected chi connectivity index (χ2v) is 8.40. The number of anilines is 1. The first-order chi connectivity index (χ1) is 15.5. The van der Waals surface area contributed by atoms with Gasteiger partial charge >= 0.3 is 0 Å². The number of aromatic amines is 1. The topological polar surface area (TPSA) is 87.6 Å². The molecule has 1 unspecified atom stereocenters. The summed E-state index contributed by atoms with van der Waals surface area (Å²) < 4.78 is 15.3. The molecule has 3 N–H and O–H groups in total. The maximum absolute atomic E-state index is 13.3. The summed E-state index contributed by atoms with van der Waals surface area (Å²) in [5, 5.41) is 14.0. The monoisotopic (exact) mass is 432 g/mol. The number of amides is 1. The highest BCUT2D eigenvalue weighted by Crippen LogP contribution is 2.39. The highest BCUT2D eigenvalue weighted by Gasteiger charge is 2.26. The lowest BCUT2D eigenvalue weighted by Crippen LogP contribution is -2.20. The van der Waals surface area contributed by atoms with E-state index < -0.39 is 0 Å². The molecule has 1 aliphatic rings. The van der Waals surface area contributed by atoms with E-state index in [1.54, 1.807) is 18.5 Å². The van der Waals surface area contributed by atoms with Crippen LogP contribution in [-0.4, -0.2) is 25.7 Å². The smallest absolute Gasteiger partial charge is 0.217 e. The lowest BCUT2D eigenvalue weighted by Gasteiger charge is -2.19. The lowest BCUT2D eigenvalue weighted by molar-refractivity contribution is -0.119. The van der Waals surface area contributed by atoms with Crippen LogP contribution in [0.2, 0.25) is 0 Å². The van der Waals surface area contributed by atoms with Gasteiger partial charge in [0.1, 0.15) is 12.1 Å². The average molecular weight is 433 g/mol. The van der Waals surface area contributed by atoms with Crippen molar-refractivity contribution >= 4 is 22.6 Å². The van der Waals surface area contributed by atoms with Crippen LogP contribution in [0, 0.1) is 5.82 Å². The van der Waals surface area contributed by atoms with E-state index in [1.807, 2.05) is 23.6 Å². The zero-order chi connectivity index (χ0) is 22.2. The summed E-state index contributed by atoms with van der Waals surface area (Å²) in [6, 6.07) is 12.5. The Morgan fingerprint density at radius 3 is 2.75 bits per heavy atom. The van der Waals surface area contributed by atoms with Gasteiger partial charge in [-0.3, -0.25) is 14.5 Å². The number of benzene rings is 2. The van der Waals surface area contributed by atoms with Crippen molar-refractivity contribution in [1.29, 1.82) is 0 Å². The average Bonchev–Trinajstić information content (AvgIpc) is 3.36. The molecule has 0 radical (unpaired) electrons. The van der Waals surface area contributed by atoms with Crippen molar-refractivity contribution in [3.63, 3.8) is 0 Å². The van der Waals surface area contributed by atoms with E-state index >= 15 is 0 Å². The number of H-pyrrole nitrogens is 1. The molecular formula is C24H25FN6O. The first-order valence-corrected chi connectivity index (χ1v) is 10.8.